The van der Waals surface area contributed by atoms with Crippen molar-refractivity contribution < 1.29 is 4.79 Å². The molecule has 0 saturated carbocycles. The Hall–Kier alpha value is -1.55. The van der Waals surface area contributed by atoms with Crippen LogP contribution in [0.5, 0.6) is 0 Å². The van der Waals surface area contributed by atoms with E-state index in [4.69, 9.17) is 5.73 Å². The number of hydrogen-bond donors (Lipinski definition) is 1. The van der Waals surface area contributed by atoms with Crippen LogP contribution in [0.25, 0.3) is 0 Å². The van der Waals surface area contributed by atoms with Gasteiger partial charge in [0.25, 0.3) is 0 Å². The van der Waals surface area contributed by atoms with Crippen LogP contribution < -0.4 is 10.6 Å². The summed E-state index contributed by atoms with van der Waals surface area (Å²) in [5, 5.41) is 0. The number of likely N-dealkylation sites (N-methyl/N-ethyl adjacent to an activating group) is 1. The average Bonchev–Trinajstić information content (AvgIpc) is 2.32. The number of amides is 1. The Kier molecular flexibility index (Phi) is 3.33. The van der Waals surface area contributed by atoms with Gasteiger partial charge in [-0.15, -0.1) is 0 Å². The summed E-state index contributed by atoms with van der Waals surface area (Å²) < 4.78 is 0. The summed E-state index contributed by atoms with van der Waals surface area (Å²) in [6.45, 7) is 4.66. The summed E-state index contributed by atoms with van der Waals surface area (Å²) in [5.74, 6) is 0.166. The molecule has 1 aromatic rings. The number of piperazine rings is 1. The summed E-state index contributed by atoms with van der Waals surface area (Å²) in [5.41, 5.74) is 9.18. The smallest absolute Gasteiger partial charge is 0.241 e. The first kappa shape index (κ1) is 11.9. The zero-order valence-corrected chi connectivity index (χ0v) is 10.4. The lowest BCUT2D eigenvalue weighted by molar-refractivity contribution is -0.129. The molecule has 1 aromatic carbocycles. The van der Waals surface area contributed by atoms with E-state index >= 15 is 0 Å². The van der Waals surface area contributed by atoms with Gasteiger partial charge in [0.05, 0.1) is 6.54 Å². The van der Waals surface area contributed by atoms with Crippen LogP contribution in [-0.4, -0.2) is 37.5 Å². The quantitative estimate of drug-likeness (QED) is 0.819. The summed E-state index contributed by atoms with van der Waals surface area (Å²) >= 11 is 0. The molecule has 92 valence electrons. The lowest BCUT2D eigenvalue weighted by Crippen LogP contribution is -2.48. The molecule has 0 bridgehead atoms. The second-order valence-electron chi connectivity index (χ2n) is 4.57. The second-order valence-corrected chi connectivity index (χ2v) is 4.57. The SMILES string of the molecule is Cc1ccc(N2CCN(C)C(=O)C2)c(CN)c1. The zero-order valence-electron chi connectivity index (χ0n) is 10.4. The number of carbonyl (C=O) groups is 1. The third-order valence-corrected chi connectivity index (χ3v) is 3.25. The molecule has 0 aliphatic carbocycles. The standard InChI is InChI=1S/C13H19N3O/c1-10-3-4-12(11(7-10)8-14)16-6-5-15(2)13(17)9-16/h3-4,7H,5-6,8-9,14H2,1-2H3. The van der Waals surface area contributed by atoms with Gasteiger partial charge in [0, 0.05) is 32.4 Å². The van der Waals surface area contributed by atoms with Gasteiger partial charge in [0.15, 0.2) is 0 Å². The fraction of sp³-hybridized carbons (Fsp3) is 0.462. The molecule has 2 N–H and O–H groups in total. The van der Waals surface area contributed by atoms with Crippen molar-refractivity contribution in [3.8, 4) is 0 Å². The molecule has 0 radical (unpaired) electrons. The normalized spacial score (nSPS) is 16.5. The lowest BCUT2D eigenvalue weighted by atomic mass is 10.1. The van der Waals surface area contributed by atoms with Gasteiger partial charge in [-0.3, -0.25) is 4.79 Å². The third-order valence-electron chi connectivity index (χ3n) is 3.25. The van der Waals surface area contributed by atoms with Crippen molar-refractivity contribution in [1.29, 1.82) is 0 Å². The summed E-state index contributed by atoms with van der Waals surface area (Å²) in [7, 11) is 1.85. The Balaban J connectivity index is 2.25. The molecule has 4 heteroatoms. The Morgan fingerprint density at radius 3 is 2.76 bits per heavy atom. The van der Waals surface area contributed by atoms with Crippen molar-refractivity contribution in [1.82, 2.24) is 4.90 Å². The molecule has 0 aromatic heterocycles. The number of nitrogens with two attached hydrogens (primary N) is 1. The van der Waals surface area contributed by atoms with Crippen LogP contribution in [0.2, 0.25) is 0 Å². The van der Waals surface area contributed by atoms with Crippen molar-refractivity contribution in [3.63, 3.8) is 0 Å². The van der Waals surface area contributed by atoms with Gasteiger partial charge in [0.2, 0.25) is 5.91 Å². The van der Waals surface area contributed by atoms with Crippen LogP contribution in [-0.2, 0) is 11.3 Å². The highest BCUT2D eigenvalue weighted by Crippen LogP contribution is 2.23. The number of anilines is 1. The van der Waals surface area contributed by atoms with Gasteiger partial charge in [-0.05, 0) is 18.6 Å². The fourth-order valence-electron chi connectivity index (χ4n) is 2.15. The van der Waals surface area contributed by atoms with Gasteiger partial charge in [-0.2, -0.15) is 0 Å². The van der Waals surface area contributed by atoms with Crippen molar-refractivity contribution >= 4 is 11.6 Å². The fourth-order valence-corrected chi connectivity index (χ4v) is 2.15. The zero-order chi connectivity index (χ0) is 12.4. The molecule has 1 saturated heterocycles. The van der Waals surface area contributed by atoms with E-state index in [9.17, 15) is 4.79 Å². The maximum Gasteiger partial charge on any atom is 0.241 e. The molecule has 1 aliphatic heterocycles. The maximum absolute atomic E-state index is 11.7. The van der Waals surface area contributed by atoms with Gasteiger partial charge >= 0.3 is 0 Å². The van der Waals surface area contributed by atoms with E-state index in [2.05, 4.69) is 30.0 Å². The lowest BCUT2D eigenvalue weighted by Gasteiger charge is -2.34. The van der Waals surface area contributed by atoms with E-state index in [1.54, 1.807) is 4.90 Å². The first-order valence-electron chi connectivity index (χ1n) is 5.90. The van der Waals surface area contributed by atoms with E-state index in [1.807, 2.05) is 7.05 Å². The highest BCUT2D eigenvalue weighted by atomic mass is 16.2. The minimum Gasteiger partial charge on any atom is -0.360 e. The summed E-state index contributed by atoms with van der Waals surface area (Å²) in [4.78, 5) is 15.6. The first-order valence-corrected chi connectivity index (χ1v) is 5.90. The number of hydrogen-bond acceptors (Lipinski definition) is 3. The summed E-state index contributed by atoms with van der Waals surface area (Å²) in [6.07, 6.45) is 0. The number of rotatable bonds is 2. The van der Waals surface area contributed by atoms with Gasteiger partial charge in [-0.1, -0.05) is 17.7 Å². The van der Waals surface area contributed by atoms with Crippen LogP contribution in [0.3, 0.4) is 0 Å². The van der Waals surface area contributed by atoms with Crippen LogP contribution in [0.15, 0.2) is 18.2 Å². The number of nitrogens with zero attached hydrogens (tertiary/aromatic N) is 2. The number of carbonyl (C=O) groups excluding carboxylic acids is 1. The minimum atomic E-state index is 0.166. The van der Waals surface area contributed by atoms with E-state index in [1.165, 1.54) is 5.56 Å². The van der Waals surface area contributed by atoms with Crippen molar-refractivity contribution in [2.45, 2.75) is 13.5 Å². The highest BCUT2D eigenvalue weighted by Gasteiger charge is 2.22. The average molecular weight is 233 g/mol. The predicted molar refractivity (Wildman–Crippen MR) is 68.9 cm³/mol. The largest absolute Gasteiger partial charge is 0.360 e. The molecule has 1 amide bonds. The molecular weight excluding hydrogens is 214 g/mol. The second kappa shape index (κ2) is 4.75. The minimum absolute atomic E-state index is 0.166. The summed E-state index contributed by atoms with van der Waals surface area (Å²) in [6, 6.07) is 6.23. The van der Waals surface area contributed by atoms with Gasteiger partial charge in [-0.25, -0.2) is 0 Å². The van der Waals surface area contributed by atoms with Crippen LogP contribution in [0, 0.1) is 6.92 Å². The number of aryl methyl sites for hydroxylation is 1. The molecule has 0 unspecified atom stereocenters. The van der Waals surface area contributed by atoms with Gasteiger partial charge < -0.3 is 15.5 Å². The molecule has 1 fully saturated rings. The molecule has 1 heterocycles. The molecular formula is C13H19N3O. The first-order chi connectivity index (χ1) is 8.11. The Labute approximate surface area is 102 Å². The molecule has 2 rings (SSSR count). The van der Waals surface area contributed by atoms with Gasteiger partial charge in [0.1, 0.15) is 0 Å². The predicted octanol–water partition coefficient (Wildman–Crippen LogP) is 0.732. The van der Waals surface area contributed by atoms with E-state index in [0.717, 1.165) is 24.3 Å². The molecule has 0 atom stereocenters. The Morgan fingerprint density at radius 2 is 2.12 bits per heavy atom. The molecule has 4 nitrogen and oxygen atoms in total. The van der Waals surface area contributed by atoms with E-state index in [0.29, 0.717) is 13.1 Å². The molecule has 0 spiro atoms. The highest BCUT2D eigenvalue weighted by molar-refractivity contribution is 5.83. The van der Waals surface area contributed by atoms with Crippen molar-refractivity contribution in [2.75, 3.05) is 31.6 Å². The third kappa shape index (κ3) is 2.42. The maximum atomic E-state index is 11.7. The topological polar surface area (TPSA) is 49.6 Å². The molecule has 17 heavy (non-hydrogen) atoms. The molecule has 1 aliphatic rings. The van der Waals surface area contributed by atoms with Crippen molar-refractivity contribution in [3.05, 3.63) is 29.3 Å². The van der Waals surface area contributed by atoms with Crippen LogP contribution >= 0.6 is 0 Å². The van der Waals surface area contributed by atoms with Crippen LogP contribution in [0.4, 0.5) is 5.69 Å². The number of benzene rings is 1. The van der Waals surface area contributed by atoms with Crippen molar-refractivity contribution in [2.24, 2.45) is 5.73 Å². The van der Waals surface area contributed by atoms with Crippen LogP contribution in [0.1, 0.15) is 11.1 Å². The Morgan fingerprint density at radius 1 is 1.35 bits per heavy atom. The van der Waals surface area contributed by atoms with E-state index in [-0.39, 0.29) is 5.91 Å². The van der Waals surface area contributed by atoms with E-state index < -0.39 is 0 Å². The Bertz CT molecular complexity index is 431. The monoisotopic (exact) mass is 233 g/mol.